The molecule has 0 aromatic carbocycles. The highest BCUT2D eigenvalue weighted by Crippen LogP contribution is 2.31. The zero-order chi connectivity index (χ0) is 16.7. The number of rotatable bonds is 2. The average Bonchev–Trinajstić information content (AvgIpc) is 3.18. The van der Waals surface area contributed by atoms with Gasteiger partial charge in [-0.2, -0.15) is 10.2 Å². The first-order chi connectivity index (χ1) is 11.7. The van der Waals surface area contributed by atoms with Crippen LogP contribution in [0.25, 0.3) is 0 Å². The van der Waals surface area contributed by atoms with E-state index in [1.807, 2.05) is 18.7 Å². The molecule has 3 heterocycles. The fraction of sp³-hybridized carbons (Fsp3) is 0.588. The molecular weight excluding hydrogens is 306 g/mol. The number of carbonyl (C=O) groups is 1. The van der Waals surface area contributed by atoms with Crippen molar-refractivity contribution in [2.45, 2.75) is 45.6 Å². The number of H-pyrrole nitrogens is 2. The molecule has 0 spiro atoms. The fourth-order valence-electron chi connectivity index (χ4n) is 3.93. The Hall–Kier alpha value is -2.15. The zero-order valence-electron chi connectivity index (χ0n) is 14.2. The molecule has 1 aliphatic heterocycles. The van der Waals surface area contributed by atoms with Gasteiger partial charge in [0, 0.05) is 29.1 Å². The number of hydrogen-bond donors (Lipinski definition) is 2. The van der Waals surface area contributed by atoms with Gasteiger partial charge in [0.25, 0.3) is 5.91 Å². The molecule has 24 heavy (non-hydrogen) atoms. The van der Waals surface area contributed by atoms with Gasteiger partial charge in [0.1, 0.15) is 0 Å². The number of hydrogen-bond acceptors (Lipinski definition) is 4. The lowest BCUT2D eigenvalue weighted by Gasteiger charge is -2.35. The number of ether oxygens (including phenoxy) is 1. The lowest BCUT2D eigenvalue weighted by atomic mass is 9.95. The predicted octanol–water partition coefficient (Wildman–Crippen LogP) is 1.84. The van der Waals surface area contributed by atoms with Crippen molar-refractivity contribution in [1.29, 1.82) is 0 Å². The van der Waals surface area contributed by atoms with E-state index in [2.05, 4.69) is 20.4 Å². The largest absolute Gasteiger partial charge is 0.377 e. The van der Waals surface area contributed by atoms with E-state index in [0.717, 1.165) is 53.9 Å². The third-order valence-corrected chi connectivity index (χ3v) is 5.17. The molecule has 0 radical (unpaired) electrons. The van der Waals surface area contributed by atoms with Gasteiger partial charge < -0.3 is 9.64 Å². The molecule has 7 heteroatoms. The fourth-order valence-corrected chi connectivity index (χ4v) is 3.93. The predicted molar refractivity (Wildman–Crippen MR) is 87.9 cm³/mol. The SMILES string of the molecule is Cc1n[nH]c(C)c1C1COCCN1C(=O)c1n[nH]c2c1CCCC2. The number of aromatic amines is 2. The maximum Gasteiger partial charge on any atom is 0.275 e. The van der Waals surface area contributed by atoms with E-state index in [-0.39, 0.29) is 11.9 Å². The van der Waals surface area contributed by atoms with Crippen LogP contribution in [-0.4, -0.2) is 51.0 Å². The summed E-state index contributed by atoms with van der Waals surface area (Å²) in [5, 5.41) is 14.7. The van der Waals surface area contributed by atoms with Crippen LogP contribution in [0, 0.1) is 13.8 Å². The standard InChI is InChI=1S/C17H23N5O2/c1-10-15(11(2)19-18-10)14-9-24-8-7-22(14)17(23)16-12-5-3-4-6-13(12)20-21-16/h14H,3-9H2,1-2H3,(H,18,19)(H,20,21). The Balaban J connectivity index is 1.68. The van der Waals surface area contributed by atoms with Crippen LogP contribution in [-0.2, 0) is 17.6 Å². The molecule has 7 nitrogen and oxygen atoms in total. The monoisotopic (exact) mass is 329 g/mol. The van der Waals surface area contributed by atoms with Crippen molar-refractivity contribution in [1.82, 2.24) is 25.3 Å². The number of fused-ring (bicyclic) bond motifs is 1. The number of aromatic nitrogens is 4. The third kappa shape index (κ3) is 2.43. The minimum absolute atomic E-state index is 0.00250. The summed E-state index contributed by atoms with van der Waals surface area (Å²) >= 11 is 0. The Morgan fingerprint density at radius 3 is 2.83 bits per heavy atom. The molecule has 0 saturated carbocycles. The molecule has 1 atom stereocenters. The van der Waals surface area contributed by atoms with E-state index in [1.165, 1.54) is 0 Å². The van der Waals surface area contributed by atoms with Gasteiger partial charge in [-0.05, 0) is 39.5 Å². The molecule has 1 fully saturated rings. The molecule has 2 N–H and O–H groups in total. The van der Waals surface area contributed by atoms with E-state index in [1.54, 1.807) is 0 Å². The Morgan fingerprint density at radius 2 is 2.04 bits per heavy atom. The van der Waals surface area contributed by atoms with Gasteiger partial charge in [-0.1, -0.05) is 0 Å². The molecule has 2 aromatic heterocycles. The van der Waals surface area contributed by atoms with Crippen LogP contribution < -0.4 is 0 Å². The van der Waals surface area contributed by atoms with Gasteiger partial charge in [0.05, 0.1) is 24.9 Å². The van der Waals surface area contributed by atoms with Crippen molar-refractivity contribution in [3.05, 3.63) is 33.9 Å². The molecule has 1 saturated heterocycles. The Bertz CT molecular complexity index is 744. The highest BCUT2D eigenvalue weighted by Gasteiger charge is 2.35. The summed E-state index contributed by atoms with van der Waals surface area (Å²) in [5.74, 6) is 0.00250. The minimum atomic E-state index is -0.110. The molecule has 2 aromatic rings. The molecule has 4 rings (SSSR count). The smallest absolute Gasteiger partial charge is 0.275 e. The van der Waals surface area contributed by atoms with Gasteiger partial charge in [-0.15, -0.1) is 0 Å². The van der Waals surface area contributed by atoms with Crippen molar-refractivity contribution in [2.24, 2.45) is 0 Å². The number of nitrogens with one attached hydrogen (secondary N) is 2. The van der Waals surface area contributed by atoms with Gasteiger partial charge in [-0.3, -0.25) is 15.0 Å². The van der Waals surface area contributed by atoms with E-state index < -0.39 is 0 Å². The highest BCUT2D eigenvalue weighted by atomic mass is 16.5. The number of nitrogens with zero attached hydrogens (tertiary/aromatic N) is 3. The lowest BCUT2D eigenvalue weighted by molar-refractivity contribution is -0.00339. The number of carbonyl (C=O) groups excluding carboxylic acids is 1. The highest BCUT2D eigenvalue weighted by molar-refractivity contribution is 5.94. The summed E-state index contributed by atoms with van der Waals surface area (Å²) in [6.45, 7) is 5.59. The van der Waals surface area contributed by atoms with Gasteiger partial charge in [0.2, 0.25) is 0 Å². The van der Waals surface area contributed by atoms with E-state index in [9.17, 15) is 4.79 Å². The van der Waals surface area contributed by atoms with Crippen molar-refractivity contribution in [3.63, 3.8) is 0 Å². The number of morpholine rings is 1. The molecular formula is C17H23N5O2. The molecule has 1 unspecified atom stereocenters. The van der Waals surface area contributed by atoms with Crippen LogP contribution in [0.1, 0.15) is 57.6 Å². The molecule has 1 aliphatic carbocycles. The summed E-state index contributed by atoms with van der Waals surface area (Å²) in [6.07, 6.45) is 4.21. The van der Waals surface area contributed by atoms with E-state index >= 15 is 0 Å². The summed E-state index contributed by atoms with van der Waals surface area (Å²) in [7, 11) is 0. The maximum absolute atomic E-state index is 13.2. The molecule has 2 aliphatic rings. The Morgan fingerprint density at radius 1 is 1.21 bits per heavy atom. The summed E-state index contributed by atoms with van der Waals surface area (Å²) < 4.78 is 5.66. The van der Waals surface area contributed by atoms with Crippen LogP contribution in [0.2, 0.25) is 0 Å². The Kier molecular flexibility index (Phi) is 3.88. The molecule has 1 amide bonds. The summed E-state index contributed by atoms with van der Waals surface area (Å²) in [6, 6.07) is -0.110. The summed E-state index contributed by atoms with van der Waals surface area (Å²) in [4.78, 5) is 15.1. The second-order valence-corrected chi connectivity index (χ2v) is 6.67. The quantitative estimate of drug-likeness (QED) is 0.880. The summed E-state index contributed by atoms with van der Waals surface area (Å²) in [5.41, 5.74) is 5.81. The number of amides is 1. The normalized spacial score (nSPS) is 20.9. The minimum Gasteiger partial charge on any atom is -0.377 e. The van der Waals surface area contributed by atoms with Crippen molar-refractivity contribution < 1.29 is 9.53 Å². The van der Waals surface area contributed by atoms with Gasteiger partial charge in [-0.25, -0.2) is 0 Å². The van der Waals surface area contributed by atoms with Crippen LogP contribution in [0.3, 0.4) is 0 Å². The van der Waals surface area contributed by atoms with Gasteiger partial charge in [0.15, 0.2) is 5.69 Å². The van der Waals surface area contributed by atoms with Crippen molar-refractivity contribution in [3.8, 4) is 0 Å². The van der Waals surface area contributed by atoms with Crippen molar-refractivity contribution in [2.75, 3.05) is 19.8 Å². The van der Waals surface area contributed by atoms with Crippen LogP contribution in [0.5, 0.6) is 0 Å². The van der Waals surface area contributed by atoms with Crippen LogP contribution in [0.15, 0.2) is 0 Å². The number of aryl methyl sites for hydroxylation is 3. The topological polar surface area (TPSA) is 86.9 Å². The molecule has 0 bridgehead atoms. The Labute approximate surface area is 140 Å². The first-order valence-corrected chi connectivity index (χ1v) is 8.63. The first kappa shape index (κ1) is 15.4. The second kappa shape index (κ2) is 6.05. The van der Waals surface area contributed by atoms with Crippen LogP contribution in [0.4, 0.5) is 0 Å². The zero-order valence-corrected chi connectivity index (χ0v) is 14.2. The molecule has 128 valence electrons. The van der Waals surface area contributed by atoms with E-state index in [0.29, 0.717) is 25.5 Å². The second-order valence-electron chi connectivity index (χ2n) is 6.67. The third-order valence-electron chi connectivity index (χ3n) is 5.17. The first-order valence-electron chi connectivity index (χ1n) is 8.63. The maximum atomic E-state index is 13.2. The lowest BCUT2D eigenvalue weighted by Crippen LogP contribution is -2.44. The van der Waals surface area contributed by atoms with Crippen molar-refractivity contribution >= 4 is 5.91 Å². The van der Waals surface area contributed by atoms with Crippen LogP contribution >= 0.6 is 0 Å². The van der Waals surface area contributed by atoms with E-state index in [4.69, 9.17) is 4.74 Å². The average molecular weight is 329 g/mol. The van der Waals surface area contributed by atoms with Gasteiger partial charge >= 0.3 is 0 Å².